The van der Waals surface area contributed by atoms with Crippen molar-refractivity contribution in [2.45, 2.75) is 44.0 Å². The van der Waals surface area contributed by atoms with Gasteiger partial charge in [0.15, 0.2) is 0 Å². The molecule has 0 unspecified atom stereocenters. The molecule has 0 radical (unpaired) electrons. The Bertz CT molecular complexity index is 822. The number of hydrogen-bond acceptors (Lipinski definition) is 3. The molecule has 0 spiro atoms. The molecule has 24 heavy (non-hydrogen) atoms. The zero-order chi connectivity index (χ0) is 16.4. The first kappa shape index (κ1) is 15.7. The fraction of sp³-hybridized carbons (Fsp3) is 0.400. The van der Waals surface area contributed by atoms with E-state index in [1.165, 1.54) is 34.6 Å². The first-order chi connectivity index (χ1) is 11.8. The van der Waals surface area contributed by atoms with Crippen molar-refractivity contribution in [1.82, 2.24) is 14.5 Å². The van der Waals surface area contributed by atoms with Crippen molar-refractivity contribution in [3.05, 3.63) is 54.1 Å². The molecule has 0 aliphatic heterocycles. The van der Waals surface area contributed by atoms with Crippen LogP contribution in [0.1, 0.15) is 30.7 Å². The van der Waals surface area contributed by atoms with E-state index in [0.29, 0.717) is 0 Å². The summed E-state index contributed by atoms with van der Waals surface area (Å²) in [6.07, 6.45) is 8.88. The minimum absolute atomic E-state index is 0.854. The lowest BCUT2D eigenvalue weighted by Crippen LogP contribution is -2.06. The average Bonchev–Trinajstić information content (AvgIpc) is 3.34. The minimum atomic E-state index is 0.854. The lowest BCUT2D eigenvalue weighted by Gasteiger charge is -2.10. The van der Waals surface area contributed by atoms with Gasteiger partial charge in [0.05, 0.1) is 11.7 Å². The van der Waals surface area contributed by atoms with Gasteiger partial charge in [0.2, 0.25) is 0 Å². The van der Waals surface area contributed by atoms with Gasteiger partial charge < -0.3 is 4.57 Å². The molecular weight excluding hydrogens is 314 g/mol. The minimum Gasteiger partial charge on any atom is -0.328 e. The first-order valence-electron chi connectivity index (χ1n) is 8.79. The van der Waals surface area contributed by atoms with Gasteiger partial charge in [-0.15, -0.1) is 11.8 Å². The summed E-state index contributed by atoms with van der Waals surface area (Å²) in [6.45, 7) is 3.19. The summed E-state index contributed by atoms with van der Waals surface area (Å²) in [5.74, 6) is 3.25. The normalized spacial score (nSPS) is 14.4. The molecule has 124 valence electrons. The molecule has 3 aromatic rings. The number of nitrogens with zero attached hydrogens (tertiary/aromatic N) is 3. The molecule has 1 aromatic carbocycles. The molecule has 0 N–H and O–H groups in total. The second kappa shape index (κ2) is 6.98. The highest BCUT2D eigenvalue weighted by Crippen LogP contribution is 2.33. The van der Waals surface area contributed by atoms with Gasteiger partial charge in [-0.2, -0.15) is 0 Å². The Labute approximate surface area is 147 Å². The van der Waals surface area contributed by atoms with Crippen LogP contribution in [0.4, 0.5) is 0 Å². The largest absolute Gasteiger partial charge is 0.328 e. The summed E-state index contributed by atoms with van der Waals surface area (Å²) in [7, 11) is 0. The molecule has 0 atom stereocenters. The SMILES string of the molecule is Cc1cncc2nc(CC3CC3)n(CCCSc3ccccc3)c12. The number of imidazole rings is 1. The molecular formula is C20H23N3S. The van der Waals surface area contributed by atoms with Gasteiger partial charge in [0.1, 0.15) is 11.3 Å². The molecule has 0 saturated heterocycles. The highest BCUT2D eigenvalue weighted by Gasteiger charge is 2.25. The lowest BCUT2D eigenvalue weighted by atomic mass is 10.2. The Morgan fingerprint density at radius 2 is 2.00 bits per heavy atom. The summed E-state index contributed by atoms with van der Waals surface area (Å²) in [6, 6.07) is 10.7. The number of fused-ring (bicyclic) bond motifs is 1. The fourth-order valence-electron chi connectivity index (χ4n) is 3.21. The van der Waals surface area contributed by atoms with Gasteiger partial charge in [-0.05, 0) is 55.6 Å². The summed E-state index contributed by atoms with van der Waals surface area (Å²) in [5.41, 5.74) is 3.57. The zero-order valence-electron chi connectivity index (χ0n) is 14.1. The Kier molecular flexibility index (Phi) is 4.56. The molecule has 4 heteroatoms. The van der Waals surface area contributed by atoms with Crippen LogP contribution in [0.2, 0.25) is 0 Å². The number of rotatable bonds is 7. The number of hydrogen-bond donors (Lipinski definition) is 0. The van der Waals surface area contributed by atoms with Crippen LogP contribution in [0.5, 0.6) is 0 Å². The van der Waals surface area contributed by atoms with Crippen LogP contribution in [0.3, 0.4) is 0 Å². The van der Waals surface area contributed by atoms with E-state index in [2.05, 4.69) is 46.8 Å². The Morgan fingerprint density at radius 1 is 1.17 bits per heavy atom. The fourth-order valence-corrected chi connectivity index (χ4v) is 4.07. The lowest BCUT2D eigenvalue weighted by molar-refractivity contribution is 0.634. The van der Waals surface area contributed by atoms with Gasteiger partial charge in [-0.3, -0.25) is 4.98 Å². The zero-order valence-corrected chi connectivity index (χ0v) is 14.9. The number of thioether (sulfide) groups is 1. The average molecular weight is 337 g/mol. The second-order valence-corrected chi connectivity index (χ2v) is 7.83. The predicted molar refractivity (Wildman–Crippen MR) is 100 cm³/mol. The van der Waals surface area contributed by atoms with Gasteiger partial charge in [0.25, 0.3) is 0 Å². The number of aryl methyl sites for hydroxylation is 2. The summed E-state index contributed by atoms with van der Waals surface area (Å²) < 4.78 is 2.45. The Balaban J connectivity index is 1.49. The van der Waals surface area contributed by atoms with Crippen LogP contribution in [-0.4, -0.2) is 20.3 Å². The van der Waals surface area contributed by atoms with Gasteiger partial charge in [-0.25, -0.2) is 4.98 Å². The molecule has 2 aromatic heterocycles. The molecule has 1 saturated carbocycles. The van der Waals surface area contributed by atoms with Crippen LogP contribution >= 0.6 is 11.8 Å². The van der Waals surface area contributed by atoms with E-state index >= 15 is 0 Å². The van der Waals surface area contributed by atoms with Crippen molar-refractivity contribution < 1.29 is 0 Å². The third kappa shape index (κ3) is 3.48. The monoisotopic (exact) mass is 337 g/mol. The van der Waals surface area contributed by atoms with Crippen molar-refractivity contribution >= 4 is 22.8 Å². The topological polar surface area (TPSA) is 30.7 Å². The van der Waals surface area contributed by atoms with E-state index in [9.17, 15) is 0 Å². The van der Waals surface area contributed by atoms with Crippen LogP contribution in [0.15, 0.2) is 47.6 Å². The Morgan fingerprint density at radius 3 is 2.79 bits per heavy atom. The molecule has 1 fully saturated rings. The highest BCUT2D eigenvalue weighted by atomic mass is 32.2. The second-order valence-electron chi connectivity index (χ2n) is 6.67. The van der Waals surface area contributed by atoms with Gasteiger partial charge in [0, 0.05) is 24.1 Å². The number of aromatic nitrogens is 3. The maximum absolute atomic E-state index is 4.88. The van der Waals surface area contributed by atoms with Crippen molar-refractivity contribution in [2.24, 2.45) is 5.92 Å². The molecule has 1 aliphatic rings. The molecule has 3 nitrogen and oxygen atoms in total. The van der Waals surface area contributed by atoms with Crippen LogP contribution in [0.25, 0.3) is 11.0 Å². The molecule has 4 rings (SSSR count). The predicted octanol–water partition coefficient (Wildman–Crippen LogP) is 4.87. The van der Waals surface area contributed by atoms with Crippen LogP contribution < -0.4 is 0 Å². The first-order valence-corrected chi connectivity index (χ1v) is 9.77. The smallest absolute Gasteiger partial charge is 0.110 e. The van der Waals surface area contributed by atoms with Crippen molar-refractivity contribution in [1.29, 1.82) is 0 Å². The van der Waals surface area contributed by atoms with E-state index in [1.54, 1.807) is 0 Å². The maximum Gasteiger partial charge on any atom is 0.110 e. The third-order valence-corrected chi connectivity index (χ3v) is 5.72. The number of pyridine rings is 1. The van der Waals surface area contributed by atoms with Gasteiger partial charge >= 0.3 is 0 Å². The summed E-state index contributed by atoms with van der Waals surface area (Å²) in [4.78, 5) is 10.6. The van der Waals surface area contributed by atoms with Gasteiger partial charge in [-0.1, -0.05) is 18.2 Å². The highest BCUT2D eigenvalue weighted by molar-refractivity contribution is 7.99. The van der Waals surface area contributed by atoms with E-state index in [1.807, 2.05) is 24.2 Å². The number of benzene rings is 1. The Hall–Kier alpha value is -1.81. The summed E-state index contributed by atoms with van der Waals surface area (Å²) >= 11 is 1.94. The van der Waals surface area contributed by atoms with Crippen molar-refractivity contribution in [2.75, 3.05) is 5.75 Å². The standard InChI is InChI=1S/C20H23N3S/c1-15-13-21-14-18-20(15)23(19(22-18)12-16-8-9-16)10-5-11-24-17-6-3-2-4-7-17/h2-4,6-7,13-14,16H,5,8-12H2,1H3. The molecule has 0 amide bonds. The van der Waals surface area contributed by atoms with E-state index < -0.39 is 0 Å². The summed E-state index contributed by atoms with van der Waals surface area (Å²) in [5, 5.41) is 0. The third-order valence-electron chi connectivity index (χ3n) is 4.62. The van der Waals surface area contributed by atoms with Crippen LogP contribution in [0, 0.1) is 12.8 Å². The molecule has 2 heterocycles. The maximum atomic E-state index is 4.88. The van der Waals surface area contributed by atoms with Crippen molar-refractivity contribution in [3.8, 4) is 0 Å². The van der Waals surface area contributed by atoms with Crippen LogP contribution in [-0.2, 0) is 13.0 Å². The van der Waals surface area contributed by atoms with E-state index in [4.69, 9.17) is 4.98 Å². The van der Waals surface area contributed by atoms with E-state index in [0.717, 1.165) is 36.6 Å². The molecule has 0 bridgehead atoms. The molecule has 1 aliphatic carbocycles. The quantitative estimate of drug-likeness (QED) is 0.455. The van der Waals surface area contributed by atoms with E-state index in [-0.39, 0.29) is 0 Å². The van der Waals surface area contributed by atoms with Crippen molar-refractivity contribution in [3.63, 3.8) is 0 Å².